The van der Waals surface area contributed by atoms with Gasteiger partial charge in [-0.15, -0.1) is 0 Å². The Hall–Kier alpha value is -3.91. The van der Waals surface area contributed by atoms with E-state index in [1.165, 1.54) is 38.2 Å². The maximum atomic E-state index is 14.3. The number of fused-ring (bicyclic) bond motifs is 2. The molecule has 1 fully saturated rings. The summed E-state index contributed by atoms with van der Waals surface area (Å²) in [6, 6.07) is 40.9. The first-order valence-corrected chi connectivity index (χ1v) is 13.9. The molecule has 2 nitrogen and oxygen atoms in total. The van der Waals surface area contributed by atoms with E-state index in [0.29, 0.717) is 5.91 Å². The fraction of sp³-hybridized carbons (Fsp3) is 0.250. The van der Waals surface area contributed by atoms with Gasteiger partial charge in [-0.3, -0.25) is 4.79 Å². The lowest BCUT2D eigenvalue weighted by atomic mass is 9.75. The highest BCUT2D eigenvalue weighted by Crippen LogP contribution is 2.44. The monoisotopic (exact) mass is 497 g/mol. The largest absolute Gasteiger partial charge is 0.335 e. The normalized spacial score (nSPS) is 15.8. The van der Waals surface area contributed by atoms with Crippen molar-refractivity contribution < 1.29 is 4.79 Å². The van der Waals surface area contributed by atoms with E-state index in [4.69, 9.17) is 0 Å². The van der Waals surface area contributed by atoms with Gasteiger partial charge in [0.15, 0.2) is 0 Å². The van der Waals surface area contributed by atoms with Crippen LogP contribution in [0.1, 0.15) is 48.9 Å². The summed E-state index contributed by atoms with van der Waals surface area (Å²) in [5.41, 5.74) is 3.54. The molecule has 5 aromatic rings. The van der Waals surface area contributed by atoms with Crippen LogP contribution in [-0.4, -0.2) is 17.4 Å². The number of likely N-dealkylation sites (tertiary alicyclic amines) is 1. The molecule has 0 unspecified atom stereocenters. The van der Waals surface area contributed by atoms with E-state index in [2.05, 4.69) is 121 Å². The molecule has 1 aliphatic heterocycles. The molecule has 0 aliphatic carbocycles. The molecule has 0 saturated carbocycles. The molecule has 38 heavy (non-hydrogen) atoms. The lowest BCUT2D eigenvalue weighted by molar-refractivity contribution is -0.138. The molecule has 1 amide bonds. The molecular formula is C36H35NO. The number of hydrogen-bond acceptors (Lipinski definition) is 1. The first-order chi connectivity index (χ1) is 18.6. The van der Waals surface area contributed by atoms with Gasteiger partial charge in [0, 0.05) is 6.54 Å². The summed E-state index contributed by atoms with van der Waals surface area (Å²) >= 11 is 0. The summed E-state index contributed by atoms with van der Waals surface area (Å²) in [5.74, 6) is 0.328. The van der Waals surface area contributed by atoms with Crippen molar-refractivity contribution in [2.45, 2.75) is 45.1 Å². The lowest BCUT2D eigenvalue weighted by Gasteiger charge is -2.31. The molecule has 0 bridgehead atoms. The van der Waals surface area contributed by atoms with Gasteiger partial charge in [0.05, 0.1) is 11.5 Å². The smallest absolute Gasteiger partial charge is 0.229 e. The van der Waals surface area contributed by atoms with Gasteiger partial charge in [-0.2, -0.15) is 0 Å². The van der Waals surface area contributed by atoms with Crippen LogP contribution in [0.2, 0.25) is 0 Å². The molecule has 0 N–H and O–H groups in total. The van der Waals surface area contributed by atoms with Crippen molar-refractivity contribution in [3.05, 3.63) is 132 Å². The van der Waals surface area contributed by atoms with Gasteiger partial charge >= 0.3 is 0 Å². The van der Waals surface area contributed by atoms with Crippen LogP contribution >= 0.6 is 0 Å². The van der Waals surface area contributed by atoms with Gasteiger partial charge in [-0.25, -0.2) is 0 Å². The van der Waals surface area contributed by atoms with Crippen molar-refractivity contribution in [1.82, 2.24) is 4.90 Å². The van der Waals surface area contributed by atoms with E-state index in [1.54, 1.807) is 0 Å². The van der Waals surface area contributed by atoms with E-state index in [0.717, 1.165) is 38.6 Å². The fourth-order valence-electron chi connectivity index (χ4n) is 6.49. The Morgan fingerprint density at radius 2 is 1.16 bits per heavy atom. The average Bonchev–Trinajstić information content (AvgIpc) is 3.30. The van der Waals surface area contributed by atoms with Crippen LogP contribution in [-0.2, 0) is 17.6 Å². The molecule has 0 aromatic heterocycles. The minimum Gasteiger partial charge on any atom is -0.335 e. The summed E-state index contributed by atoms with van der Waals surface area (Å²) in [6.07, 6.45) is 4.50. The highest BCUT2D eigenvalue weighted by molar-refractivity contribution is 5.88. The van der Waals surface area contributed by atoms with E-state index in [-0.39, 0.29) is 11.5 Å². The second kappa shape index (κ2) is 10.5. The van der Waals surface area contributed by atoms with E-state index < -0.39 is 0 Å². The Bertz CT molecular complexity index is 1480. The average molecular weight is 498 g/mol. The number of hydrogen-bond donors (Lipinski definition) is 0. The van der Waals surface area contributed by atoms with Crippen LogP contribution in [0.3, 0.4) is 0 Å². The predicted molar refractivity (Wildman–Crippen MR) is 158 cm³/mol. The third-order valence-corrected chi connectivity index (χ3v) is 8.80. The zero-order chi connectivity index (χ0) is 26.0. The molecule has 5 aromatic carbocycles. The van der Waals surface area contributed by atoms with Crippen molar-refractivity contribution in [1.29, 1.82) is 0 Å². The van der Waals surface area contributed by atoms with Crippen molar-refractivity contribution in [2.24, 2.45) is 5.41 Å². The maximum absolute atomic E-state index is 14.3. The number of rotatable bonds is 8. The molecule has 190 valence electrons. The van der Waals surface area contributed by atoms with Crippen molar-refractivity contribution >= 4 is 27.5 Å². The minimum absolute atomic E-state index is 0.0840. The van der Waals surface area contributed by atoms with Crippen molar-refractivity contribution in [3.63, 3.8) is 0 Å². The summed E-state index contributed by atoms with van der Waals surface area (Å²) in [6.45, 7) is 3.00. The maximum Gasteiger partial charge on any atom is 0.229 e. The Morgan fingerprint density at radius 3 is 1.74 bits per heavy atom. The topological polar surface area (TPSA) is 20.3 Å². The third-order valence-electron chi connectivity index (χ3n) is 8.80. The van der Waals surface area contributed by atoms with Gasteiger partial charge in [0.2, 0.25) is 5.91 Å². The number of aryl methyl sites for hydroxylation is 2. The lowest BCUT2D eigenvalue weighted by Crippen LogP contribution is -2.37. The molecule has 1 atom stereocenters. The van der Waals surface area contributed by atoms with Crippen LogP contribution in [0.4, 0.5) is 0 Å². The van der Waals surface area contributed by atoms with Crippen molar-refractivity contribution in [2.75, 3.05) is 6.54 Å². The first-order valence-electron chi connectivity index (χ1n) is 13.9. The number of benzene rings is 5. The number of nitrogens with zero attached hydrogens (tertiary/aromatic N) is 1. The molecular weight excluding hydrogens is 462 g/mol. The van der Waals surface area contributed by atoms with E-state index in [1.807, 2.05) is 6.07 Å². The van der Waals surface area contributed by atoms with Crippen LogP contribution in [0, 0.1) is 5.41 Å². The van der Waals surface area contributed by atoms with Crippen LogP contribution < -0.4 is 0 Å². The standard InChI is InChI=1S/C36H35NO/c1-27(28-11-3-2-4-12-28)37-26-25-36(35(37)38,23-21-31-17-9-15-29-13-5-7-19-33(29)31)24-22-32-18-10-16-30-14-6-8-20-34(30)32/h2-20,27H,21-26H2,1H3/t27-/m0/s1. The van der Waals surface area contributed by atoms with Crippen molar-refractivity contribution in [3.8, 4) is 0 Å². The molecule has 0 spiro atoms. The number of amides is 1. The second-order valence-corrected chi connectivity index (χ2v) is 10.9. The number of carbonyl (C=O) groups excluding carboxylic acids is 1. The molecule has 0 radical (unpaired) electrons. The minimum atomic E-state index is -0.350. The molecule has 6 rings (SSSR count). The first kappa shape index (κ1) is 24.4. The highest BCUT2D eigenvalue weighted by Gasteiger charge is 2.47. The quantitative estimate of drug-likeness (QED) is 0.210. The SMILES string of the molecule is C[C@@H](c1ccccc1)N1CCC(CCc2cccc3ccccc23)(CCc2cccc3ccccc23)C1=O. The van der Waals surface area contributed by atoms with Gasteiger partial charge in [0.1, 0.15) is 0 Å². The zero-order valence-electron chi connectivity index (χ0n) is 22.1. The van der Waals surface area contributed by atoms with Crippen LogP contribution in [0.5, 0.6) is 0 Å². The Labute approximate surface area is 225 Å². The summed E-state index contributed by atoms with van der Waals surface area (Å²) in [4.78, 5) is 16.5. The van der Waals surface area contributed by atoms with Gasteiger partial charge in [-0.1, -0.05) is 115 Å². The molecule has 1 aliphatic rings. The van der Waals surface area contributed by atoms with Gasteiger partial charge in [-0.05, 0) is 77.3 Å². The molecule has 2 heteroatoms. The fourth-order valence-corrected chi connectivity index (χ4v) is 6.49. The summed E-state index contributed by atoms with van der Waals surface area (Å²) < 4.78 is 0. The third kappa shape index (κ3) is 4.60. The summed E-state index contributed by atoms with van der Waals surface area (Å²) in [5, 5.41) is 5.15. The predicted octanol–water partition coefficient (Wildman–Crippen LogP) is 8.54. The van der Waals surface area contributed by atoms with Gasteiger partial charge in [0.25, 0.3) is 0 Å². The Morgan fingerprint density at radius 1 is 0.658 bits per heavy atom. The number of carbonyl (C=O) groups is 1. The van der Waals surface area contributed by atoms with Gasteiger partial charge < -0.3 is 4.90 Å². The van der Waals surface area contributed by atoms with Crippen LogP contribution in [0.15, 0.2) is 115 Å². The molecule has 1 saturated heterocycles. The Kier molecular flexibility index (Phi) is 6.72. The highest BCUT2D eigenvalue weighted by atomic mass is 16.2. The second-order valence-electron chi connectivity index (χ2n) is 10.9. The summed E-state index contributed by atoms with van der Waals surface area (Å²) in [7, 11) is 0. The zero-order valence-corrected chi connectivity index (χ0v) is 22.1. The molecule has 1 heterocycles. The van der Waals surface area contributed by atoms with E-state index in [9.17, 15) is 4.79 Å². The Balaban J connectivity index is 1.31. The van der Waals surface area contributed by atoms with Crippen LogP contribution in [0.25, 0.3) is 21.5 Å². The van der Waals surface area contributed by atoms with E-state index >= 15 is 0 Å².